The van der Waals surface area contributed by atoms with E-state index in [-0.39, 0.29) is 0 Å². The van der Waals surface area contributed by atoms with Gasteiger partial charge in [-0.2, -0.15) is 0 Å². The first-order valence-electron chi connectivity index (χ1n) is 5.84. The summed E-state index contributed by atoms with van der Waals surface area (Å²) in [5, 5.41) is 2.73. The highest BCUT2D eigenvalue weighted by Crippen LogP contribution is 2.39. The van der Waals surface area contributed by atoms with Crippen molar-refractivity contribution in [2.24, 2.45) is 0 Å². The summed E-state index contributed by atoms with van der Waals surface area (Å²) in [5.41, 5.74) is 1.36. The third-order valence-electron chi connectivity index (χ3n) is 2.67. The third-order valence-corrected chi connectivity index (χ3v) is 4.99. The zero-order chi connectivity index (χ0) is 12.4. The van der Waals surface area contributed by atoms with Gasteiger partial charge in [-0.05, 0) is 34.5 Å². The van der Waals surface area contributed by atoms with E-state index >= 15 is 0 Å². The van der Waals surface area contributed by atoms with Crippen molar-refractivity contribution in [3.05, 3.63) is 46.4 Å². The molecule has 0 amide bonds. The van der Waals surface area contributed by atoms with E-state index in [0.717, 1.165) is 0 Å². The van der Waals surface area contributed by atoms with Gasteiger partial charge in [0.2, 0.25) is 0 Å². The minimum atomic E-state index is 1.20. The molecule has 0 saturated heterocycles. The second-order valence-corrected chi connectivity index (χ2v) is 5.55. The maximum absolute atomic E-state index is 3.61. The Morgan fingerprint density at radius 2 is 1.47 bits per heavy atom. The summed E-state index contributed by atoms with van der Waals surface area (Å²) in [6, 6.07) is 12.9. The van der Waals surface area contributed by atoms with Crippen molar-refractivity contribution in [3.8, 4) is 0 Å². The van der Waals surface area contributed by atoms with Gasteiger partial charge in [0.1, 0.15) is 0 Å². The summed E-state index contributed by atoms with van der Waals surface area (Å²) < 4.78 is 3.95. The summed E-state index contributed by atoms with van der Waals surface area (Å²) in [7, 11) is 0. The number of fused-ring (bicyclic) bond motifs is 3. The summed E-state index contributed by atoms with van der Waals surface area (Å²) in [5.74, 6) is 0. The first kappa shape index (κ1) is 12.6. The predicted molar refractivity (Wildman–Crippen MR) is 83.1 cm³/mol. The van der Waals surface area contributed by atoms with E-state index < -0.39 is 0 Å². The van der Waals surface area contributed by atoms with Gasteiger partial charge in [-0.15, -0.1) is 11.3 Å². The van der Waals surface area contributed by atoms with E-state index in [4.69, 9.17) is 0 Å². The number of rotatable bonds is 0. The van der Waals surface area contributed by atoms with Crippen LogP contribution in [0.1, 0.15) is 19.4 Å². The lowest BCUT2D eigenvalue weighted by Gasteiger charge is -1.94. The van der Waals surface area contributed by atoms with Crippen molar-refractivity contribution in [3.63, 3.8) is 0 Å². The summed E-state index contributed by atoms with van der Waals surface area (Å²) in [6.07, 6.45) is 0. The minimum Gasteiger partial charge on any atom is -0.134 e. The highest BCUT2D eigenvalue weighted by molar-refractivity contribution is 9.10. The van der Waals surface area contributed by atoms with Crippen molar-refractivity contribution < 1.29 is 0 Å². The van der Waals surface area contributed by atoms with Gasteiger partial charge in [0.25, 0.3) is 0 Å². The molecule has 0 unspecified atom stereocenters. The van der Waals surface area contributed by atoms with E-state index in [1.54, 1.807) is 0 Å². The molecule has 0 nitrogen and oxygen atoms in total. The second kappa shape index (κ2) is 5.19. The summed E-state index contributed by atoms with van der Waals surface area (Å²) >= 11 is 5.48. The molecule has 1 aromatic heterocycles. The molecular formula is C15H15BrS. The van der Waals surface area contributed by atoms with Crippen LogP contribution in [0.5, 0.6) is 0 Å². The molecule has 2 aromatic carbocycles. The lowest BCUT2D eigenvalue weighted by Crippen LogP contribution is -1.70. The molecule has 0 atom stereocenters. The highest BCUT2D eigenvalue weighted by atomic mass is 79.9. The van der Waals surface area contributed by atoms with Crippen LogP contribution in [-0.2, 0) is 0 Å². The van der Waals surface area contributed by atoms with Crippen LogP contribution in [0.25, 0.3) is 20.2 Å². The number of halogens is 1. The van der Waals surface area contributed by atoms with Crippen LogP contribution in [0.15, 0.2) is 40.9 Å². The van der Waals surface area contributed by atoms with E-state index in [1.807, 2.05) is 25.2 Å². The molecule has 0 aliphatic heterocycles. The molecule has 0 N–H and O–H groups in total. The Morgan fingerprint density at radius 1 is 0.882 bits per heavy atom. The molecule has 17 heavy (non-hydrogen) atoms. The lowest BCUT2D eigenvalue weighted by atomic mass is 10.1. The number of thiophene rings is 1. The average Bonchev–Trinajstić information content (AvgIpc) is 2.74. The molecule has 0 fully saturated rings. The van der Waals surface area contributed by atoms with E-state index in [2.05, 4.69) is 59.3 Å². The number of hydrogen-bond acceptors (Lipinski definition) is 1. The molecule has 0 spiro atoms. The van der Waals surface area contributed by atoms with Crippen LogP contribution >= 0.6 is 27.3 Å². The monoisotopic (exact) mass is 306 g/mol. The fourth-order valence-corrected chi connectivity index (χ4v) is 3.71. The minimum absolute atomic E-state index is 1.20. The Kier molecular flexibility index (Phi) is 3.85. The molecule has 0 saturated carbocycles. The standard InChI is InChI=1S/C13H9BrS.C2H6/c1-8-4-2-5-9-10-6-3-7-11(14)13(10)15-12(8)9;1-2/h2-7H,1H3;1-2H3. The van der Waals surface area contributed by atoms with Crippen LogP contribution in [0.2, 0.25) is 0 Å². The first-order chi connectivity index (χ1) is 8.27. The van der Waals surface area contributed by atoms with Crippen LogP contribution < -0.4 is 0 Å². The molecule has 0 bridgehead atoms. The van der Waals surface area contributed by atoms with Gasteiger partial charge in [0, 0.05) is 24.6 Å². The molecule has 2 heteroatoms. The molecule has 0 aliphatic rings. The summed E-state index contributed by atoms with van der Waals surface area (Å²) in [4.78, 5) is 0. The van der Waals surface area contributed by atoms with Crippen LogP contribution in [0, 0.1) is 6.92 Å². The predicted octanol–water partition coefficient (Wildman–Crippen LogP) is 6.15. The van der Waals surface area contributed by atoms with Gasteiger partial charge in [-0.3, -0.25) is 0 Å². The fourth-order valence-electron chi connectivity index (χ4n) is 1.93. The molecule has 3 aromatic rings. The maximum Gasteiger partial charge on any atom is 0.0497 e. The van der Waals surface area contributed by atoms with Gasteiger partial charge in [0.15, 0.2) is 0 Å². The van der Waals surface area contributed by atoms with E-state index in [0.29, 0.717) is 0 Å². The SMILES string of the molecule is CC.Cc1cccc2c1sc1c(Br)cccc12. The number of hydrogen-bond donors (Lipinski definition) is 0. The van der Waals surface area contributed by atoms with Crippen molar-refractivity contribution in [2.45, 2.75) is 20.8 Å². The van der Waals surface area contributed by atoms with Crippen molar-refractivity contribution in [1.82, 2.24) is 0 Å². The van der Waals surface area contributed by atoms with Gasteiger partial charge in [-0.25, -0.2) is 0 Å². The maximum atomic E-state index is 3.61. The fraction of sp³-hybridized carbons (Fsp3) is 0.200. The largest absolute Gasteiger partial charge is 0.134 e. The van der Waals surface area contributed by atoms with Crippen molar-refractivity contribution in [2.75, 3.05) is 0 Å². The quantitative estimate of drug-likeness (QED) is 0.467. The molecule has 1 heterocycles. The second-order valence-electron chi connectivity index (χ2n) is 3.67. The zero-order valence-electron chi connectivity index (χ0n) is 10.3. The Hall–Kier alpha value is -0.860. The van der Waals surface area contributed by atoms with E-state index in [9.17, 15) is 0 Å². The smallest absolute Gasteiger partial charge is 0.0497 e. The highest BCUT2D eigenvalue weighted by Gasteiger charge is 2.07. The average molecular weight is 307 g/mol. The Morgan fingerprint density at radius 3 is 2.18 bits per heavy atom. The molecule has 0 radical (unpaired) electrons. The van der Waals surface area contributed by atoms with Gasteiger partial charge < -0.3 is 0 Å². The Labute approximate surface area is 114 Å². The molecular weight excluding hydrogens is 292 g/mol. The Balaban J connectivity index is 0.000000514. The van der Waals surface area contributed by atoms with Gasteiger partial charge in [0.05, 0.1) is 0 Å². The number of aryl methyl sites for hydroxylation is 1. The third kappa shape index (κ3) is 2.12. The van der Waals surface area contributed by atoms with Crippen LogP contribution in [0.4, 0.5) is 0 Å². The van der Waals surface area contributed by atoms with Crippen molar-refractivity contribution >= 4 is 47.4 Å². The summed E-state index contributed by atoms with van der Waals surface area (Å²) in [6.45, 7) is 6.17. The van der Waals surface area contributed by atoms with Crippen molar-refractivity contribution in [1.29, 1.82) is 0 Å². The van der Waals surface area contributed by atoms with Gasteiger partial charge >= 0.3 is 0 Å². The van der Waals surface area contributed by atoms with Crippen LogP contribution in [-0.4, -0.2) is 0 Å². The topological polar surface area (TPSA) is 0 Å². The molecule has 88 valence electrons. The normalized spacial score (nSPS) is 10.4. The number of benzene rings is 2. The van der Waals surface area contributed by atoms with Gasteiger partial charge in [-0.1, -0.05) is 44.2 Å². The molecule has 0 aliphatic carbocycles. The Bertz CT molecular complexity index is 596. The zero-order valence-corrected chi connectivity index (χ0v) is 12.7. The van der Waals surface area contributed by atoms with E-state index in [1.165, 1.54) is 30.2 Å². The lowest BCUT2D eigenvalue weighted by molar-refractivity contribution is 1.50. The molecule has 3 rings (SSSR count). The first-order valence-corrected chi connectivity index (χ1v) is 7.44. The van der Waals surface area contributed by atoms with Crippen LogP contribution in [0.3, 0.4) is 0 Å².